The summed E-state index contributed by atoms with van der Waals surface area (Å²) >= 11 is 2.21. The number of sulfonamides is 1. The second-order valence-corrected chi connectivity index (χ2v) is 9.17. The van der Waals surface area contributed by atoms with Gasteiger partial charge in [0.15, 0.2) is 0 Å². The number of nitrogens with zero attached hydrogens (tertiary/aromatic N) is 1. The quantitative estimate of drug-likeness (QED) is 0.697. The van der Waals surface area contributed by atoms with Crippen LogP contribution in [-0.4, -0.2) is 31.2 Å². The minimum atomic E-state index is -3.67. The molecule has 1 atom stereocenters. The zero-order chi connectivity index (χ0) is 18.0. The van der Waals surface area contributed by atoms with Crippen LogP contribution < -0.4 is 5.32 Å². The van der Waals surface area contributed by atoms with Crippen molar-refractivity contribution in [3.8, 4) is 0 Å². The predicted molar refractivity (Wildman–Crippen MR) is 106 cm³/mol. The summed E-state index contributed by atoms with van der Waals surface area (Å²) in [5.41, 5.74) is 1.67. The van der Waals surface area contributed by atoms with Gasteiger partial charge in [-0.3, -0.25) is 4.79 Å². The first-order valence-electron chi connectivity index (χ1n) is 8.03. The zero-order valence-electron chi connectivity index (χ0n) is 13.8. The molecule has 0 bridgehead atoms. The van der Waals surface area contributed by atoms with Crippen LogP contribution in [0.1, 0.15) is 18.4 Å². The Kier molecular flexibility index (Phi) is 5.45. The summed E-state index contributed by atoms with van der Waals surface area (Å²) in [6.45, 7) is 2.28. The van der Waals surface area contributed by atoms with Gasteiger partial charge in [0.25, 0.3) is 0 Å². The van der Waals surface area contributed by atoms with Crippen molar-refractivity contribution < 1.29 is 13.2 Å². The molecule has 132 valence electrons. The van der Waals surface area contributed by atoms with E-state index in [2.05, 4.69) is 27.9 Å². The SMILES string of the molecule is Cc1cc(I)ccc1NC(=O)C1CCCN1S(=O)(=O)c1ccccc1. The number of nitrogens with one attached hydrogen (secondary N) is 1. The van der Waals surface area contributed by atoms with E-state index in [4.69, 9.17) is 0 Å². The molecule has 0 aromatic heterocycles. The number of carbonyl (C=O) groups excluding carboxylic acids is 1. The van der Waals surface area contributed by atoms with Crippen molar-refractivity contribution in [1.82, 2.24) is 4.31 Å². The van der Waals surface area contributed by atoms with Gasteiger partial charge in [0.2, 0.25) is 15.9 Å². The van der Waals surface area contributed by atoms with Crippen molar-refractivity contribution >= 4 is 44.2 Å². The zero-order valence-corrected chi connectivity index (χ0v) is 16.7. The molecule has 1 amide bonds. The minimum absolute atomic E-state index is 0.222. The van der Waals surface area contributed by atoms with Crippen LogP contribution in [0, 0.1) is 10.5 Å². The molecule has 1 aliphatic heterocycles. The molecule has 0 saturated carbocycles. The molecule has 1 saturated heterocycles. The Morgan fingerprint density at radius 1 is 1.20 bits per heavy atom. The number of aryl methyl sites for hydroxylation is 1. The molecule has 2 aromatic carbocycles. The van der Waals surface area contributed by atoms with Gasteiger partial charge >= 0.3 is 0 Å². The number of anilines is 1. The smallest absolute Gasteiger partial charge is 0.243 e. The average Bonchev–Trinajstić information content (AvgIpc) is 3.09. The van der Waals surface area contributed by atoms with Gasteiger partial charge in [-0.2, -0.15) is 4.31 Å². The van der Waals surface area contributed by atoms with Crippen molar-refractivity contribution in [2.75, 3.05) is 11.9 Å². The lowest BCUT2D eigenvalue weighted by atomic mass is 10.1. The van der Waals surface area contributed by atoms with Crippen molar-refractivity contribution in [3.05, 3.63) is 57.7 Å². The number of hydrogen-bond donors (Lipinski definition) is 1. The third kappa shape index (κ3) is 3.88. The van der Waals surface area contributed by atoms with Gasteiger partial charge in [0.1, 0.15) is 6.04 Å². The Bertz CT molecular complexity index is 884. The normalized spacial score (nSPS) is 18.2. The lowest BCUT2D eigenvalue weighted by molar-refractivity contribution is -0.119. The molecule has 1 heterocycles. The van der Waals surface area contributed by atoms with Gasteiger partial charge in [-0.25, -0.2) is 8.42 Å². The van der Waals surface area contributed by atoms with E-state index in [1.165, 1.54) is 4.31 Å². The van der Waals surface area contributed by atoms with Gasteiger partial charge < -0.3 is 5.32 Å². The number of rotatable bonds is 4. The van der Waals surface area contributed by atoms with Gasteiger partial charge in [-0.15, -0.1) is 0 Å². The largest absolute Gasteiger partial charge is 0.324 e. The first-order valence-corrected chi connectivity index (χ1v) is 10.6. The number of benzene rings is 2. The fraction of sp³-hybridized carbons (Fsp3) is 0.278. The molecule has 0 spiro atoms. The van der Waals surface area contributed by atoms with Crippen LogP contribution in [0.2, 0.25) is 0 Å². The van der Waals surface area contributed by atoms with E-state index in [1.807, 2.05) is 25.1 Å². The van der Waals surface area contributed by atoms with Crippen LogP contribution in [-0.2, 0) is 14.8 Å². The molecule has 1 unspecified atom stereocenters. The maximum absolute atomic E-state index is 12.9. The highest BCUT2D eigenvalue weighted by Crippen LogP contribution is 2.27. The van der Waals surface area contributed by atoms with E-state index < -0.39 is 16.1 Å². The molecule has 0 radical (unpaired) electrons. The highest BCUT2D eigenvalue weighted by atomic mass is 127. The van der Waals surface area contributed by atoms with Crippen molar-refractivity contribution in [2.24, 2.45) is 0 Å². The van der Waals surface area contributed by atoms with Crippen LogP contribution in [0.25, 0.3) is 0 Å². The summed E-state index contributed by atoms with van der Waals surface area (Å²) in [6, 6.07) is 13.3. The molecule has 3 rings (SSSR count). The Balaban J connectivity index is 1.83. The lowest BCUT2D eigenvalue weighted by Gasteiger charge is -2.23. The van der Waals surface area contributed by atoms with Gasteiger partial charge in [-0.05, 0) is 78.3 Å². The van der Waals surface area contributed by atoms with Crippen LogP contribution >= 0.6 is 22.6 Å². The summed E-state index contributed by atoms with van der Waals surface area (Å²) in [4.78, 5) is 12.9. The van der Waals surface area contributed by atoms with Crippen LogP contribution in [0.5, 0.6) is 0 Å². The van der Waals surface area contributed by atoms with Gasteiger partial charge in [0.05, 0.1) is 4.90 Å². The summed E-state index contributed by atoms with van der Waals surface area (Å²) in [5.74, 6) is -0.277. The number of hydrogen-bond acceptors (Lipinski definition) is 3. The highest BCUT2D eigenvalue weighted by Gasteiger charge is 2.39. The fourth-order valence-corrected chi connectivity index (χ4v) is 5.33. The van der Waals surface area contributed by atoms with E-state index in [0.717, 1.165) is 14.8 Å². The Labute approximate surface area is 161 Å². The van der Waals surface area contributed by atoms with Crippen molar-refractivity contribution in [3.63, 3.8) is 0 Å². The Morgan fingerprint density at radius 2 is 1.92 bits per heavy atom. The van der Waals surface area contributed by atoms with Crippen molar-refractivity contribution in [1.29, 1.82) is 0 Å². The molecular weight excluding hydrogens is 451 g/mol. The van der Waals surface area contributed by atoms with Gasteiger partial charge in [-0.1, -0.05) is 18.2 Å². The fourth-order valence-electron chi connectivity index (χ4n) is 3.00. The molecule has 1 fully saturated rings. The first kappa shape index (κ1) is 18.3. The second-order valence-electron chi connectivity index (χ2n) is 6.04. The average molecular weight is 470 g/mol. The molecule has 1 aliphatic rings. The standard InChI is InChI=1S/C18H19IN2O3S/c1-13-12-14(19)9-10-16(13)20-18(22)17-8-5-11-21(17)25(23,24)15-6-3-2-4-7-15/h2-4,6-7,9-10,12,17H,5,8,11H2,1H3,(H,20,22). The van der Waals surface area contributed by atoms with Crippen LogP contribution in [0.4, 0.5) is 5.69 Å². The maximum atomic E-state index is 12.9. The van der Waals surface area contributed by atoms with E-state index in [1.54, 1.807) is 30.3 Å². The minimum Gasteiger partial charge on any atom is -0.324 e. The molecule has 0 aliphatic carbocycles. The van der Waals surface area contributed by atoms with Crippen LogP contribution in [0.3, 0.4) is 0 Å². The van der Waals surface area contributed by atoms with E-state index >= 15 is 0 Å². The topological polar surface area (TPSA) is 66.5 Å². The molecule has 1 N–H and O–H groups in total. The first-order chi connectivity index (χ1) is 11.9. The van der Waals surface area contributed by atoms with Crippen LogP contribution in [0.15, 0.2) is 53.4 Å². The maximum Gasteiger partial charge on any atom is 0.243 e. The summed E-state index contributed by atoms with van der Waals surface area (Å²) in [5, 5.41) is 2.88. The van der Waals surface area contributed by atoms with E-state index in [0.29, 0.717) is 19.4 Å². The molecule has 5 nitrogen and oxygen atoms in total. The second kappa shape index (κ2) is 7.43. The highest BCUT2D eigenvalue weighted by molar-refractivity contribution is 14.1. The molecule has 2 aromatic rings. The van der Waals surface area contributed by atoms with Crippen molar-refractivity contribution in [2.45, 2.75) is 30.7 Å². The summed E-state index contributed by atoms with van der Waals surface area (Å²) in [6.07, 6.45) is 1.21. The summed E-state index contributed by atoms with van der Waals surface area (Å²) < 4.78 is 28.1. The van der Waals surface area contributed by atoms with E-state index in [9.17, 15) is 13.2 Å². The Morgan fingerprint density at radius 3 is 2.60 bits per heavy atom. The monoisotopic (exact) mass is 470 g/mol. The summed E-state index contributed by atoms with van der Waals surface area (Å²) in [7, 11) is -3.67. The molecular formula is C18H19IN2O3S. The Hall–Kier alpha value is -1.45. The molecule has 25 heavy (non-hydrogen) atoms. The number of amides is 1. The van der Waals surface area contributed by atoms with E-state index in [-0.39, 0.29) is 10.8 Å². The predicted octanol–water partition coefficient (Wildman–Crippen LogP) is 3.39. The van der Waals surface area contributed by atoms with Gasteiger partial charge in [0, 0.05) is 15.8 Å². The molecule has 7 heteroatoms. The lowest BCUT2D eigenvalue weighted by Crippen LogP contribution is -2.43. The number of carbonyl (C=O) groups is 1. The third-order valence-electron chi connectivity index (χ3n) is 4.30. The number of halogens is 1. The third-order valence-corrected chi connectivity index (χ3v) is 6.90.